The third-order valence-electron chi connectivity index (χ3n) is 3.82. The van der Waals surface area contributed by atoms with Crippen LogP contribution in [0.4, 0.5) is 0 Å². The van der Waals surface area contributed by atoms with Crippen molar-refractivity contribution >= 4 is 10.9 Å². The normalized spacial score (nSPS) is 20.8. The van der Waals surface area contributed by atoms with E-state index in [2.05, 4.69) is 53.4 Å². The second-order valence-corrected chi connectivity index (χ2v) is 5.66. The van der Waals surface area contributed by atoms with Crippen LogP contribution >= 0.6 is 0 Å². The monoisotopic (exact) mass is 255 g/mol. The molecule has 1 aliphatic heterocycles. The first-order valence-electron chi connectivity index (χ1n) is 6.98. The van der Waals surface area contributed by atoms with E-state index < -0.39 is 0 Å². The van der Waals surface area contributed by atoms with Gasteiger partial charge < -0.3 is 10.2 Å². The molecule has 0 radical (unpaired) electrons. The van der Waals surface area contributed by atoms with Crippen LogP contribution in [0.1, 0.15) is 11.1 Å². The summed E-state index contributed by atoms with van der Waals surface area (Å²) in [7, 11) is 2.20. The fourth-order valence-electron chi connectivity index (χ4n) is 2.83. The number of piperazine rings is 1. The fraction of sp³-hybridized carbons (Fsp3) is 0.438. The number of nitrogens with zero attached hydrogens (tertiary/aromatic N) is 2. The molecule has 1 aliphatic rings. The quantitative estimate of drug-likeness (QED) is 0.889. The summed E-state index contributed by atoms with van der Waals surface area (Å²) in [4.78, 5) is 6.85. The van der Waals surface area contributed by atoms with E-state index in [1.54, 1.807) is 0 Å². The molecule has 19 heavy (non-hydrogen) atoms. The average molecular weight is 255 g/mol. The number of hydrogen-bond acceptors (Lipinski definition) is 3. The summed E-state index contributed by atoms with van der Waals surface area (Å²) in [5, 5.41) is 4.85. The highest BCUT2D eigenvalue weighted by Gasteiger charge is 2.16. The highest BCUT2D eigenvalue weighted by atomic mass is 15.2. The van der Waals surface area contributed by atoms with Gasteiger partial charge >= 0.3 is 0 Å². The molecule has 1 atom stereocenters. The van der Waals surface area contributed by atoms with Gasteiger partial charge in [0.15, 0.2) is 0 Å². The molecule has 3 rings (SSSR count). The molecule has 0 bridgehead atoms. The molecule has 2 heterocycles. The van der Waals surface area contributed by atoms with Crippen LogP contribution in [-0.2, 0) is 6.42 Å². The van der Waals surface area contributed by atoms with E-state index in [0.717, 1.165) is 31.6 Å². The molecule has 1 fully saturated rings. The van der Waals surface area contributed by atoms with Crippen molar-refractivity contribution in [2.45, 2.75) is 19.4 Å². The van der Waals surface area contributed by atoms with E-state index in [9.17, 15) is 0 Å². The first-order valence-corrected chi connectivity index (χ1v) is 6.98. The molecule has 0 aliphatic carbocycles. The summed E-state index contributed by atoms with van der Waals surface area (Å²) >= 11 is 0. The average Bonchev–Trinajstić information content (AvgIpc) is 2.38. The van der Waals surface area contributed by atoms with Crippen molar-refractivity contribution in [1.82, 2.24) is 15.2 Å². The molecule has 0 saturated carbocycles. The number of likely N-dealkylation sites (N-methyl/N-ethyl adjacent to an activating group) is 1. The predicted molar refractivity (Wildman–Crippen MR) is 79.5 cm³/mol. The van der Waals surface area contributed by atoms with E-state index in [0.29, 0.717) is 6.04 Å². The van der Waals surface area contributed by atoms with E-state index in [1.807, 2.05) is 6.20 Å². The van der Waals surface area contributed by atoms with Gasteiger partial charge in [0.05, 0.1) is 5.52 Å². The Labute approximate surface area is 114 Å². The highest BCUT2D eigenvalue weighted by Crippen LogP contribution is 2.17. The maximum Gasteiger partial charge on any atom is 0.0702 e. The summed E-state index contributed by atoms with van der Waals surface area (Å²) in [6.07, 6.45) is 3.02. The van der Waals surface area contributed by atoms with Gasteiger partial charge in [-0.1, -0.05) is 6.07 Å². The van der Waals surface area contributed by atoms with Gasteiger partial charge in [-0.15, -0.1) is 0 Å². The number of hydrogen-bond donors (Lipinski definition) is 1. The number of benzene rings is 1. The Hall–Kier alpha value is -1.45. The zero-order valence-corrected chi connectivity index (χ0v) is 11.7. The molecule has 1 saturated heterocycles. The van der Waals surface area contributed by atoms with Crippen LogP contribution in [0, 0.1) is 6.92 Å². The second-order valence-electron chi connectivity index (χ2n) is 5.66. The Morgan fingerprint density at radius 2 is 2.26 bits per heavy atom. The van der Waals surface area contributed by atoms with E-state index in [-0.39, 0.29) is 0 Å². The van der Waals surface area contributed by atoms with Crippen LogP contribution in [0.5, 0.6) is 0 Å². The van der Waals surface area contributed by atoms with E-state index >= 15 is 0 Å². The van der Waals surface area contributed by atoms with Crippen molar-refractivity contribution in [2.24, 2.45) is 0 Å². The lowest BCUT2D eigenvalue weighted by Crippen LogP contribution is -2.49. The number of pyridine rings is 1. The first-order chi connectivity index (χ1) is 9.20. The van der Waals surface area contributed by atoms with Gasteiger partial charge in [-0.3, -0.25) is 4.98 Å². The van der Waals surface area contributed by atoms with Crippen molar-refractivity contribution in [3.8, 4) is 0 Å². The van der Waals surface area contributed by atoms with Crippen molar-refractivity contribution < 1.29 is 0 Å². The third-order valence-corrected chi connectivity index (χ3v) is 3.82. The predicted octanol–water partition coefficient (Wildman–Crippen LogP) is 1.99. The summed E-state index contributed by atoms with van der Waals surface area (Å²) in [6, 6.07) is 9.41. The second kappa shape index (κ2) is 5.27. The fourth-order valence-corrected chi connectivity index (χ4v) is 2.83. The van der Waals surface area contributed by atoms with Crippen molar-refractivity contribution in [3.05, 3.63) is 41.6 Å². The Morgan fingerprint density at radius 3 is 3.11 bits per heavy atom. The molecule has 2 aromatic rings. The van der Waals surface area contributed by atoms with Gasteiger partial charge in [-0.05, 0) is 49.7 Å². The topological polar surface area (TPSA) is 28.2 Å². The van der Waals surface area contributed by atoms with Crippen molar-refractivity contribution in [2.75, 3.05) is 26.7 Å². The van der Waals surface area contributed by atoms with Crippen molar-refractivity contribution in [1.29, 1.82) is 0 Å². The minimum atomic E-state index is 0.564. The van der Waals surface area contributed by atoms with Crippen LogP contribution in [-0.4, -0.2) is 42.6 Å². The van der Waals surface area contributed by atoms with Crippen LogP contribution in [0.15, 0.2) is 30.5 Å². The standard InChI is InChI=1S/C16H21N3/c1-12-7-14-8-13(3-4-16(14)18-10-12)9-15-11-19(2)6-5-17-15/h3-4,7-8,10,15,17H,5-6,9,11H2,1-2H3. The van der Waals surface area contributed by atoms with Gasteiger partial charge in [0, 0.05) is 37.3 Å². The zero-order valence-electron chi connectivity index (χ0n) is 11.7. The van der Waals surface area contributed by atoms with E-state index in [1.165, 1.54) is 16.5 Å². The molecule has 1 aromatic heterocycles. The number of rotatable bonds is 2. The highest BCUT2D eigenvalue weighted by molar-refractivity contribution is 5.79. The van der Waals surface area contributed by atoms with Crippen LogP contribution < -0.4 is 5.32 Å². The zero-order chi connectivity index (χ0) is 13.2. The molecule has 1 aromatic carbocycles. The summed E-state index contributed by atoms with van der Waals surface area (Å²) in [5.41, 5.74) is 3.70. The molecule has 100 valence electrons. The molecule has 0 amide bonds. The van der Waals surface area contributed by atoms with E-state index in [4.69, 9.17) is 0 Å². The molecular weight excluding hydrogens is 234 g/mol. The SMILES string of the molecule is Cc1cnc2ccc(CC3CN(C)CCN3)cc2c1. The number of aryl methyl sites for hydroxylation is 1. The lowest BCUT2D eigenvalue weighted by Gasteiger charge is -2.31. The smallest absolute Gasteiger partial charge is 0.0702 e. The Balaban J connectivity index is 1.80. The summed E-state index contributed by atoms with van der Waals surface area (Å²) in [5.74, 6) is 0. The van der Waals surface area contributed by atoms with Crippen LogP contribution in [0.2, 0.25) is 0 Å². The lowest BCUT2D eigenvalue weighted by molar-refractivity contribution is 0.238. The maximum absolute atomic E-state index is 4.46. The number of aromatic nitrogens is 1. The lowest BCUT2D eigenvalue weighted by atomic mass is 10.0. The van der Waals surface area contributed by atoms with Crippen LogP contribution in [0.25, 0.3) is 10.9 Å². The third kappa shape index (κ3) is 2.94. The van der Waals surface area contributed by atoms with Crippen molar-refractivity contribution in [3.63, 3.8) is 0 Å². The summed E-state index contributed by atoms with van der Waals surface area (Å²) in [6.45, 7) is 5.47. The molecule has 3 nitrogen and oxygen atoms in total. The maximum atomic E-state index is 4.46. The molecular formula is C16H21N3. The van der Waals surface area contributed by atoms with Gasteiger partial charge in [0.25, 0.3) is 0 Å². The summed E-state index contributed by atoms with van der Waals surface area (Å²) < 4.78 is 0. The minimum absolute atomic E-state index is 0.564. The first kappa shape index (κ1) is 12.6. The van der Waals surface area contributed by atoms with Gasteiger partial charge in [0.2, 0.25) is 0 Å². The number of nitrogens with one attached hydrogen (secondary N) is 1. The Kier molecular flexibility index (Phi) is 3.49. The van der Waals surface area contributed by atoms with Gasteiger partial charge in [0.1, 0.15) is 0 Å². The molecule has 1 unspecified atom stereocenters. The molecule has 1 N–H and O–H groups in total. The Morgan fingerprint density at radius 1 is 1.37 bits per heavy atom. The number of fused-ring (bicyclic) bond motifs is 1. The molecule has 3 heteroatoms. The Bertz CT molecular complexity index is 579. The molecule has 0 spiro atoms. The largest absolute Gasteiger partial charge is 0.311 e. The van der Waals surface area contributed by atoms with Gasteiger partial charge in [-0.25, -0.2) is 0 Å². The van der Waals surface area contributed by atoms with Gasteiger partial charge in [-0.2, -0.15) is 0 Å². The van der Waals surface area contributed by atoms with Crippen LogP contribution in [0.3, 0.4) is 0 Å². The minimum Gasteiger partial charge on any atom is -0.311 e.